The van der Waals surface area contributed by atoms with Crippen molar-refractivity contribution in [1.82, 2.24) is 20.4 Å². The van der Waals surface area contributed by atoms with E-state index in [4.69, 9.17) is 5.73 Å². The Kier molecular flexibility index (Phi) is 13.9. The lowest BCUT2D eigenvalue weighted by molar-refractivity contribution is -0.163. The van der Waals surface area contributed by atoms with Gasteiger partial charge in [0.2, 0.25) is 29.5 Å². The molecule has 2 fully saturated rings. The molecule has 300 valence electrons. The summed E-state index contributed by atoms with van der Waals surface area (Å²) in [5.41, 5.74) is 5.21. The predicted octanol–water partition coefficient (Wildman–Crippen LogP) is 2.84. The number of carbonyl (C=O) groups excluding carboxylic acids is 5. The molecule has 2 aliphatic heterocycles. The molecule has 14 heteroatoms. The first-order valence-corrected chi connectivity index (χ1v) is 21.3. The molecule has 0 spiro atoms. The van der Waals surface area contributed by atoms with Crippen molar-refractivity contribution in [2.75, 3.05) is 25.4 Å². The standard InChI is InChI=1S/C41H57N5O8S/c1-27(2)24-43-37(49)23-35(48)34(22-30-15-8-5-9-16-30)44-40(52)41(26-45-20-12-19-38(45)50,32-25-55(53,54)36-18-11-10-17-31(32)36)46(28(3)47)39(51)33(42)21-29-13-6-4-7-14-29/h4,6-7,10-11,13-14,17-18,27,30,32-35,48H,5,8-9,12,15-16,19-26,42H2,1-3H3,(H,43,49)(H,44,52)/t32?,33-,34-,35-,41+/m0/s1. The number of benzene rings is 2. The second-order valence-corrected chi connectivity index (χ2v) is 18.0. The molecule has 1 unspecified atom stereocenters. The van der Waals surface area contributed by atoms with E-state index in [-0.39, 0.29) is 54.0 Å². The highest BCUT2D eigenvalue weighted by Crippen LogP contribution is 2.46. The van der Waals surface area contributed by atoms with Gasteiger partial charge in [-0.1, -0.05) is 94.5 Å². The Morgan fingerprint density at radius 3 is 2.31 bits per heavy atom. The van der Waals surface area contributed by atoms with E-state index >= 15 is 4.79 Å². The Morgan fingerprint density at radius 1 is 1.00 bits per heavy atom. The van der Waals surface area contributed by atoms with Gasteiger partial charge in [-0.15, -0.1) is 0 Å². The van der Waals surface area contributed by atoms with Crippen LogP contribution in [0.1, 0.15) is 95.6 Å². The van der Waals surface area contributed by atoms with Crippen LogP contribution in [-0.4, -0.2) is 102 Å². The summed E-state index contributed by atoms with van der Waals surface area (Å²) in [7, 11) is -4.04. The first kappa shape index (κ1) is 42.0. The lowest BCUT2D eigenvalue weighted by Gasteiger charge is -2.48. The van der Waals surface area contributed by atoms with E-state index in [1.54, 1.807) is 42.5 Å². The number of likely N-dealkylation sites (tertiary alicyclic amines) is 1. The van der Waals surface area contributed by atoms with Crippen LogP contribution in [0, 0.1) is 11.8 Å². The van der Waals surface area contributed by atoms with Crippen LogP contribution >= 0.6 is 0 Å². The van der Waals surface area contributed by atoms with Crippen LogP contribution in [0.4, 0.5) is 0 Å². The smallest absolute Gasteiger partial charge is 0.249 e. The molecule has 3 aliphatic rings. The zero-order valence-corrected chi connectivity index (χ0v) is 33.1. The minimum absolute atomic E-state index is 0.0118. The molecule has 1 saturated carbocycles. The highest BCUT2D eigenvalue weighted by molar-refractivity contribution is 7.91. The van der Waals surface area contributed by atoms with Gasteiger partial charge in [-0.05, 0) is 48.3 Å². The number of nitrogens with one attached hydrogen (secondary N) is 2. The summed E-state index contributed by atoms with van der Waals surface area (Å²) in [6, 6.07) is 12.8. The van der Waals surface area contributed by atoms with Gasteiger partial charge >= 0.3 is 0 Å². The predicted molar refractivity (Wildman–Crippen MR) is 207 cm³/mol. The average molecular weight is 780 g/mol. The molecule has 5 atom stereocenters. The molecule has 5 rings (SSSR count). The fourth-order valence-electron chi connectivity index (χ4n) is 8.54. The van der Waals surface area contributed by atoms with Crippen LogP contribution in [0.3, 0.4) is 0 Å². The van der Waals surface area contributed by atoms with Gasteiger partial charge in [0.1, 0.15) is 0 Å². The Labute approximate surface area is 324 Å². The third-order valence-electron chi connectivity index (χ3n) is 11.3. The zero-order chi connectivity index (χ0) is 39.9. The fraction of sp³-hybridized carbons (Fsp3) is 0.585. The molecule has 13 nitrogen and oxygen atoms in total. The number of rotatable bonds is 16. The van der Waals surface area contributed by atoms with Crippen molar-refractivity contribution in [1.29, 1.82) is 0 Å². The maximum Gasteiger partial charge on any atom is 0.249 e. The minimum Gasteiger partial charge on any atom is -0.390 e. The van der Waals surface area contributed by atoms with Gasteiger partial charge < -0.3 is 26.4 Å². The number of aliphatic hydroxyl groups is 1. The van der Waals surface area contributed by atoms with Crippen molar-refractivity contribution < 1.29 is 37.5 Å². The van der Waals surface area contributed by atoms with E-state index in [0.29, 0.717) is 24.9 Å². The van der Waals surface area contributed by atoms with E-state index in [0.717, 1.165) is 43.9 Å². The number of nitrogens with two attached hydrogens (primary N) is 1. The molecule has 1 saturated heterocycles. The molecular formula is C41H57N5O8S. The average Bonchev–Trinajstić information content (AvgIpc) is 3.68. The lowest BCUT2D eigenvalue weighted by atomic mass is 9.76. The van der Waals surface area contributed by atoms with Gasteiger partial charge in [0.05, 0.1) is 41.8 Å². The monoisotopic (exact) mass is 779 g/mol. The van der Waals surface area contributed by atoms with Crippen molar-refractivity contribution in [2.24, 2.45) is 17.6 Å². The molecule has 1 aliphatic carbocycles. The van der Waals surface area contributed by atoms with Crippen molar-refractivity contribution in [3.63, 3.8) is 0 Å². The van der Waals surface area contributed by atoms with Crippen LogP contribution in [0.5, 0.6) is 0 Å². The zero-order valence-electron chi connectivity index (χ0n) is 32.2. The van der Waals surface area contributed by atoms with Crippen molar-refractivity contribution in [3.05, 3.63) is 65.7 Å². The van der Waals surface area contributed by atoms with Gasteiger partial charge in [0.25, 0.3) is 0 Å². The Balaban J connectivity index is 1.66. The number of imide groups is 1. The molecule has 55 heavy (non-hydrogen) atoms. The molecule has 5 amide bonds. The number of aliphatic hydroxyl groups excluding tert-OH is 1. The van der Waals surface area contributed by atoms with Crippen molar-refractivity contribution >= 4 is 39.4 Å². The summed E-state index contributed by atoms with van der Waals surface area (Å²) < 4.78 is 27.8. The van der Waals surface area contributed by atoms with Crippen molar-refractivity contribution in [2.45, 2.75) is 120 Å². The third kappa shape index (κ3) is 9.82. The number of hydrogen-bond donors (Lipinski definition) is 4. The molecular weight excluding hydrogens is 723 g/mol. The molecule has 2 aromatic carbocycles. The second-order valence-electron chi connectivity index (χ2n) is 16.0. The van der Waals surface area contributed by atoms with E-state index in [1.165, 1.54) is 11.0 Å². The first-order chi connectivity index (χ1) is 26.1. The van der Waals surface area contributed by atoms with Crippen LogP contribution in [0.25, 0.3) is 0 Å². The Morgan fingerprint density at radius 2 is 1.67 bits per heavy atom. The van der Waals surface area contributed by atoms with Gasteiger partial charge in [-0.2, -0.15) is 0 Å². The van der Waals surface area contributed by atoms with E-state index in [9.17, 15) is 32.7 Å². The third-order valence-corrected chi connectivity index (χ3v) is 13.1. The highest BCUT2D eigenvalue weighted by Gasteiger charge is 2.60. The quantitative estimate of drug-likeness (QED) is 0.198. The summed E-state index contributed by atoms with van der Waals surface area (Å²) in [6.07, 6.45) is 4.00. The van der Waals surface area contributed by atoms with Gasteiger partial charge in [-0.3, -0.25) is 28.9 Å². The number of fused-ring (bicyclic) bond motifs is 1. The number of sulfone groups is 1. The topological polar surface area (TPSA) is 196 Å². The first-order valence-electron chi connectivity index (χ1n) is 19.6. The largest absolute Gasteiger partial charge is 0.390 e. The van der Waals surface area contributed by atoms with E-state index in [1.807, 2.05) is 19.9 Å². The van der Waals surface area contributed by atoms with Gasteiger partial charge in [0, 0.05) is 32.4 Å². The molecule has 5 N–H and O–H groups in total. The SMILES string of the molecule is CC(=O)N(C(=O)[C@@H](N)Cc1ccccc1)[C@@](CN1CCCC1=O)(C(=O)N[C@@H](CC1CCCCC1)[C@@H](O)CC(=O)NCC(C)C)C1CS(=O)(=O)c2ccccc21. The maximum atomic E-state index is 15.6. The number of carbonyl (C=O) groups is 5. The normalized spacial score (nSPS) is 20.9. The van der Waals surface area contributed by atoms with E-state index in [2.05, 4.69) is 10.6 Å². The molecule has 2 heterocycles. The number of nitrogens with zero attached hydrogens (tertiary/aromatic N) is 2. The van der Waals surface area contributed by atoms with E-state index < -0.39 is 75.4 Å². The van der Waals surface area contributed by atoms with Crippen LogP contribution in [-0.2, 0) is 40.2 Å². The van der Waals surface area contributed by atoms with Gasteiger partial charge in [0.15, 0.2) is 15.4 Å². The summed E-state index contributed by atoms with van der Waals surface area (Å²) in [4.78, 5) is 73.1. The molecule has 2 aromatic rings. The summed E-state index contributed by atoms with van der Waals surface area (Å²) in [5.74, 6) is -5.02. The van der Waals surface area contributed by atoms with Crippen LogP contribution in [0.2, 0.25) is 0 Å². The lowest BCUT2D eigenvalue weighted by Crippen LogP contribution is -2.72. The van der Waals surface area contributed by atoms with Gasteiger partial charge in [-0.25, -0.2) is 8.42 Å². The Hall–Kier alpha value is -4.14. The van der Waals surface area contributed by atoms with Crippen LogP contribution < -0.4 is 16.4 Å². The maximum absolute atomic E-state index is 15.6. The number of hydrogen-bond acceptors (Lipinski definition) is 9. The summed E-state index contributed by atoms with van der Waals surface area (Å²) in [6.45, 7) is 5.15. The summed E-state index contributed by atoms with van der Waals surface area (Å²) >= 11 is 0. The highest BCUT2D eigenvalue weighted by atomic mass is 32.2. The number of amides is 5. The molecule has 0 bridgehead atoms. The van der Waals surface area contributed by atoms with Crippen LogP contribution in [0.15, 0.2) is 59.5 Å². The second kappa shape index (κ2) is 18.2. The summed E-state index contributed by atoms with van der Waals surface area (Å²) in [5, 5.41) is 17.5. The fourth-order valence-corrected chi connectivity index (χ4v) is 10.5. The Bertz CT molecular complexity index is 1820. The minimum atomic E-state index is -4.04. The molecule has 0 aromatic heterocycles. The molecule has 0 radical (unpaired) electrons. The van der Waals surface area contributed by atoms with Crippen molar-refractivity contribution in [3.8, 4) is 0 Å².